The summed E-state index contributed by atoms with van der Waals surface area (Å²) in [5.41, 5.74) is 3.73. The van der Waals surface area contributed by atoms with E-state index in [0.717, 1.165) is 5.69 Å². The van der Waals surface area contributed by atoms with E-state index in [9.17, 15) is 10.1 Å². The van der Waals surface area contributed by atoms with Crippen LogP contribution in [0.25, 0.3) is 0 Å². The number of azo groups is 1. The third kappa shape index (κ3) is 4.20. The molecule has 2 aromatic rings. The molecule has 0 saturated carbocycles. The number of rotatable bonds is 4. The normalized spacial score (nSPS) is 11.6. The SMILES string of the molecule is C/C(N=Nc1ccccc1[N+](=O)[O-])=N\Nc1ccccc1. The summed E-state index contributed by atoms with van der Waals surface area (Å²) in [6, 6.07) is 15.5. The van der Waals surface area contributed by atoms with E-state index in [1.165, 1.54) is 12.1 Å². The molecule has 0 spiro atoms. The molecule has 0 radical (unpaired) electrons. The molecular formula is C14H13N5O2. The van der Waals surface area contributed by atoms with Gasteiger partial charge in [-0.3, -0.25) is 15.5 Å². The highest BCUT2D eigenvalue weighted by molar-refractivity contribution is 5.81. The summed E-state index contributed by atoms with van der Waals surface area (Å²) in [7, 11) is 0. The van der Waals surface area contributed by atoms with Gasteiger partial charge in [-0.1, -0.05) is 30.3 Å². The summed E-state index contributed by atoms with van der Waals surface area (Å²) in [6.07, 6.45) is 0. The summed E-state index contributed by atoms with van der Waals surface area (Å²) in [4.78, 5) is 10.3. The monoisotopic (exact) mass is 283 g/mol. The third-order valence-corrected chi connectivity index (χ3v) is 2.50. The Labute approximate surface area is 121 Å². The van der Waals surface area contributed by atoms with Crippen LogP contribution in [0.3, 0.4) is 0 Å². The van der Waals surface area contributed by atoms with E-state index < -0.39 is 4.92 Å². The van der Waals surface area contributed by atoms with Crippen LogP contribution in [0, 0.1) is 10.1 Å². The molecule has 0 saturated heterocycles. The average Bonchev–Trinajstić information content (AvgIpc) is 2.52. The van der Waals surface area contributed by atoms with Crippen LogP contribution in [0.15, 0.2) is 69.9 Å². The Hall–Kier alpha value is -3.09. The lowest BCUT2D eigenvalue weighted by atomic mass is 10.3. The fourth-order valence-corrected chi connectivity index (χ4v) is 1.51. The minimum absolute atomic E-state index is 0.0925. The van der Waals surface area contributed by atoms with E-state index >= 15 is 0 Å². The van der Waals surface area contributed by atoms with E-state index in [1.807, 2.05) is 30.3 Å². The molecule has 0 aliphatic rings. The number of nitro groups is 1. The number of hydrogen-bond donors (Lipinski definition) is 1. The number of nitro benzene ring substituents is 1. The highest BCUT2D eigenvalue weighted by Gasteiger charge is 2.11. The molecule has 0 fully saturated rings. The van der Waals surface area contributed by atoms with Crippen LogP contribution >= 0.6 is 0 Å². The zero-order valence-electron chi connectivity index (χ0n) is 11.3. The van der Waals surface area contributed by atoms with Crippen LogP contribution in [0.2, 0.25) is 0 Å². The fourth-order valence-electron chi connectivity index (χ4n) is 1.51. The second-order valence-electron chi connectivity index (χ2n) is 4.08. The molecule has 0 bridgehead atoms. The van der Waals surface area contributed by atoms with Crippen molar-refractivity contribution in [3.63, 3.8) is 0 Å². The van der Waals surface area contributed by atoms with Crippen LogP contribution in [-0.2, 0) is 0 Å². The Morgan fingerprint density at radius 2 is 1.76 bits per heavy atom. The first kappa shape index (κ1) is 14.3. The molecule has 2 rings (SSSR count). The van der Waals surface area contributed by atoms with Crippen molar-refractivity contribution >= 4 is 22.9 Å². The van der Waals surface area contributed by atoms with Gasteiger partial charge in [-0.15, -0.1) is 10.2 Å². The standard InChI is InChI=1S/C14H13N5O2/c1-11(15-17-12-7-3-2-4-8-12)16-18-13-9-5-6-10-14(13)19(20)21/h2-10,17H,1H3/b15-11+,18-16?. The number of anilines is 1. The molecule has 0 aliphatic heterocycles. The number of benzene rings is 2. The second-order valence-corrected chi connectivity index (χ2v) is 4.08. The fraction of sp³-hybridized carbons (Fsp3) is 0.0714. The van der Waals surface area contributed by atoms with E-state index in [-0.39, 0.29) is 11.4 Å². The smallest absolute Gasteiger partial charge is 0.277 e. The summed E-state index contributed by atoms with van der Waals surface area (Å²) in [5.74, 6) is 0.358. The molecule has 0 amide bonds. The predicted molar refractivity (Wildman–Crippen MR) is 80.8 cm³/mol. The molecule has 1 N–H and O–H groups in total. The van der Waals surface area contributed by atoms with E-state index in [4.69, 9.17) is 0 Å². The lowest BCUT2D eigenvalue weighted by molar-refractivity contribution is -0.384. The number of hydrazone groups is 1. The third-order valence-electron chi connectivity index (χ3n) is 2.50. The van der Waals surface area contributed by atoms with Crippen molar-refractivity contribution in [1.29, 1.82) is 0 Å². The van der Waals surface area contributed by atoms with E-state index in [0.29, 0.717) is 5.84 Å². The van der Waals surface area contributed by atoms with Gasteiger partial charge in [0, 0.05) is 6.07 Å². The molecule has 0 atom stereocenters. The first-order valence-electron chi connectivity index (χ1n) is 6.17. The van der Waals surface area contributed by atoms with Crippen molar-refractivity contribution in [2.24, 2.45) is 15.3 Å². The molecule has 0 heterocycles. The highest BCUT2D eigenvalue weighted by atomic mass is 16.6. The van der Waals surface area contributed by atoms with E-state index in [1.54, 1.807) is 19.1 Å². The zero-order chi connectivity index (χ0) is 15.1. The largest absolute Gasteiger partial charge is 0.296 e. The maximum atomic E-state index is 10.8. The zero-order valence-corrected chi connectivity index (χ0v) is 11.3. The number of nitrogens with zero attached hydrogens (tertiary/aromatic N) is 4. The highest BCUT2D eigenvalue weighted by Crippen LogP contribution is 2.26. The Balaban J connectivity index is 2.09. The van der Waals surface area contributed by atoms with Crippen molar-refractivity contribution < 1.29 is 4.92 Å². The van der Waals surface area contributed by atoms with Gasteiger partial charge in [0.1, 0.15) is 0 Å². The molecule has 106 valence electrons. The second kappa shape index (κ2) is 6.90. The molecule has 21 heavy (non-hydrogen) atoms. The van der Waals surface area contributed by atoms with Crippen molar-refractivity contribution in [3.05, 3.63) is 64.7 Å². The Kier molecular flexibility index (Phi) is 4.70. The van der Waals surface area contributed by atoms with Gasteiger partial charge in [-0.05, 0) is 25.1 Å². The average molecular weight is 283 g/mol. The number of para-hydroxylation sites is 2. The maximum Gasteiger partial charge on any atom is 0.296 e. The molecule has 7 heteroatoms. The first-order valence-corrected chi connectivity index (χ1v) is 6.17. The van der Waals surface area contributed by atoms with Crippen LogP contribution in [0.1, 0.15) is 6.92 Å². The summed E-state index contributed by atoms with van der Waals surface area (Å²) < 4.78 is 0. The lowest BCUT2D eigenvalue weighted by Crippen LogP contribution is -1.93. The van der Waals surface area contributed by atoms with Crippen molar-refractivity contribution in [2.45, 2.75) is 6.92 Å². The topological polar surface area (TPSA) is 92.2 Å². The predicted octanol–water partition coefficient (Wildman–Crippen LogP) is 4.12. The Bertz CT molecular complexity index is 683. The first-order chi connectivity index (χ1) is 10.2. The van der Waals surface area contributed by atoms with Gasteiger partial charge in [-0.2, -0.15) is 5.10 Å². The van der Waals surface area contributed by atoms with Gasteiger partial charge in [0.15, 0.2) is 11.5 Å². The van der Waals surface area contributed by atoms with Gasteiger partial charge >= 0.3 is 0 Å². The summed E-state index contributed by atoms with van der Waals surface area (Å²) >= 11 is 0. The van der Waals surface area contributed by atoms with Crippen LogP contribution < -0.4 is 5.43 Å². The quantitative estimate of drug-likeness (QED) is 0.300. The molecule has 7 nitrogen and oxygen atoms in total. The molecular weight excluding hydrogens is 270 g/mol. The van der Waals surface area contributed by atoms with Crippen LogP contribution in [0.4, 0.5) is 17.1 Å². The Morgan fingerprint density at radius 3 is 2.48 bits per heavy atom. The van der Waals surface area contributed by atoms with Crippen LogP contribution in [-0.4, -0.2) is 10.8 Å². The minimum atomic E-state index is -0.497. The maximum absolute atomic E-state index is 10.8. The van der Waals surface area contributed by atoms with Gasteiger partial charge in [0.25, 0.3) is 5.69 Å². The molecule has 2 aromatic carbocycles. The number of amidine groups is 1. The summed E-state index contributed by atoms with van der Waals surface area (Å²) in [5, 5.41) is 22.6. The van der Waals surface area contributed by atoms with Crippen molar-refractivity contribution in [3.8, 4) is 0 Å². The number of nitrogens with one attached hydrogen (secondary N) is 1. The number of hydrogen-bond acceptors (Lipinski definition) is 5. The van der Waals surface area contributed by atoms with Gasteiger partial charge in [0.2, 0.25) is 0 Å². The molecule has 0 aromatic heterocycles. The Morgan fingerprint density at radius 1 is 1.10 bits per heavy atom. The van der Waals surface area contributed by atoms with Gasteiger partial charge < -0.3 is 0 Å². The summed E-state index contributed by atoms with van der Waals surface area (Å²) in [6.45, 7) is 1.65. The van der Waals surface area contributed by atoms with Gasteiger partial charge in [0.05, 0.1) is 10.6 Å². The van der Waals surface area contributed by atoms with Crippen LogP contribution in [0.5, 0.6) is 0 Å². The minimum Gasteiger partial charge on any atom is -0.277 e. The van der Waals surface area contributed by atoms with Crippen molar-refractivity contribution in [1.82, 2.24) is 0 Å². The molecule has 0 unspecified atom stereocenters. The van der Waals surface area contributed by atoms with Gasteiger partial charge in [-0.25, -0.2) is 0 Å². The molecule has 0 aliphatic carbocycles. The van der Waals surface area contributed by atoms with Crippen molar-refractivity contribution in [2.75, 3.05) is 5.43 Å². The van der Waals surface area contributed by atoms with E-state index in [2.05, 4.69) is 20.8 Å². The lowest BCUT2D eigenvalue weighted by Gasteiger charge is -1.99.